The van der Waals surface area contributed by atoms with Crippen LogP contribution in [0.4, 0.5) is 14.9 Å². The Labute approximate surface area is 192 Å². The molecule has 178 valence electrons. The molecule has 8 nitrogen and oxygen atoms in total. The summed E-state index contributed by atoms with van der Waals surface area (Å²) in [6.45, 7) is 4.24. The van der Waals surface area contributed by atoms with E-state index in [2.05, 4.69) is 10.6 Å². The largest absolute Gasteiger partial charge is 0.480 e. The summed E-state index contributed by atoms with van der Waals surface area (Å²) in [5.74, 6) is -1.39. The van der Waals surface area contributed by atoms with Crippen molar-refractivity contribution in [2.45, 2.75) is 39.3 Å². The predicted octanol–water partition coefficient (Wildman–Crippen LogP) is 3.75. The number of benzene rings is 2. The van der Waals surface area contributed by atoms with Crippen LogP contribution in [0.2, 0.25) is 0 Å². The Morgan fingerprint density at radius 3 is 2.24 bits per heavy atom. The molecule has 3 N–H and O–H groups in total. The van der Waals surface area contributed by atoms with Crippen molar-refractivity contribution in [2.75, 3.05) is 18.5 Å². The van der Waals surface area contributed by atoms with Crippen molar-refractivity contribution in [3.8, 4) is 0 Å². The van der Waals surface area contributed by atoms with Gasteiger partial charge in [-0.15, -0.1) is 0 Å². The minimum Gasteiger partial charge on any atom is -0.480 e. The first-order valence-electron chi connectivity index (χ1n) is 10.6. The van der Waals surface area contributed by atoms with Crippen LogP contribution in [0.1, 0.15) is 31.4 Å². The van der Waals surface area contributed by atoms with Gasteiger partial charge < -0.3 is 25.2 Å². The summed E-state index contributed by atoms with van der Waals surface area (Å²) >= 11 is 0. The van der Waals surface area contributed by atoms with E-state index in [1.54, 1.807) is 36.4 Å². The van der Waals surface area contributed by atoms with Crippen LogP contribution in [0, 0.1) is 11.7 Å². The summed E-state index contributed by atoms with van der Waals surface area (Å²) in [7, 11) is 0. The Balaban J connectivity index is 1.75. The Bertz CT molecular complexity index is 916. The van der Waals surface area contributed by atoms with Gasteiger partial charge in [0.25, 0.3) is 0 Å². The van der Waals surface area contributed by atoms with E-state index >= 15 is 0 Å². The quantitative estimate of drug-likeness (QED) is 0.416. The molecule has 0 saturated carbocycles. The van der Waals surface area contributed by atoms with Crippen LogP contribution in [0.5, 0.6) is 0 Å². The van der Waals surface area contributed by atoms with Gasteiger partial charge in [0.15, 0.2) is 6.04 Å². The van der Waals surface area contributed by atoms with Gasteiger partial charge in [0, 0.05) is 12.3 Å². The highest BCUT2D eigenvalue weighted by Gasteiger charge is 2.21. The van der Waals surface area contributed by atoms with Crippen molar-refractivity contribution < 1.29 is 33.4 Å². The summed E-state index contributed by atoms with van der Waals surface area (Å²) in [5, 5.41) is 14.2. The number of nitrogens with one attached hydrogen (secondary N) is 2. The second-order valence-electron chi connectivity index (χ2n) is 7.92. The van der Waals surface area contributed by atoms with Gasteiger partial charge in [-0.3, -0.25) is 4.79 Å². The number of carboxylic acid groups (broad SMARTS) is 1. The molecule has 2 aromatic rings. The third-order valence-electron chi connectivity index (χ3n) is 4.60. The van der Waals surface area contributed by atoms with Crippen molar-refractivity contribution in [1.82, 2.24) is 5.32 Å². The van der Waals surface area contributed by atoms with E-state index in [1.165, 1.54) is 12.1 Å². The van der Waals surface area contributed by atoms with Crippen molar-refractivity contribution in [2.24, 2.45) is 5.92 Å². The first-order chi connectivity index (χ1) is 15.7. The van der Waals surface area contributed by atoms with E-state index in [0.29, 0.717) is 29.3 Å². The number of hydrogen-bond acceptors (Lipinski definition) is 5. The second kappa shape index (κ2) is 13.2. The van der Waals surface area contributed by atoms with Gasteiger partial charge in [0.2, 0.25) is 5.91 Å². The molecule has 1 atom stereocenters. The number of anilines is 1. The number of rotatable bonds is 12. The molecule has 33 heavy (non-hydrogen) atoms. The van der Waals surface area contributed by atoms with E-state index in [-0.39, 0.29) is 31.4 Å². The van der Waals surface area contributed by atoms with Gasteiger partial charge in [-0.2, -0.15) is 0 Å². The topological polar surface area (TPSA) is 114 Å². The third kappa shape index (κ3) is 10.1. The van der Waals surface area contributed by atoms with Crippen LogP contribution in [0.3, 0.4) is 0 Å². The summed E-state index contributed by atoms with van der Waals surface area (Å²) in [4.78, 5) is 35.3. The average Bonchev–Trinajstić information content (AvgIpc) is 2.76. The van der Waals surface area contributed by atoms with Crippen molar-refractivity contribution >= 4 is 23.7 Å². The summed E-state index contributed by atoms with van der Waals surface area (Å²) in [5.41, 5.74) is 1.90. The third-order valence-corrected chi connectivity index (χ3v) is 4.60. The monoisotopic (exact) mass is 460 g/mol. The number of halogens is 1. The van der Waals surface area contributed by atoms with Gasteiger partial charge >= 0.3 is 12.1 Å². The highest BCUT2D eigenvalue weighted by atomic mass is 19.1. The summed E-state index contributed by atoms with van der Waals surface area (Å²) in [6, 6.07) is 11.1. The van der Waals surface area contributed by atoms with Crippen LogP contribution in [0.25, 0.3) is 0 Å². The number of aliphatic carboxylic acids is 1. The molecule has 0 spiro atoms. The molecule has 0 bridgehead atoms. The van der Waals surface area contributed by atoms with Crippen LogP contribution >= 0.6 is 0 Å². The van der Waals surface area contributed by atoms with E-state index in [0.717, 1.165) is 6.42 Å². The molecule has 2 amide bonds. The van der Waals surface area contributed by atoms with Gasteiger partial charge in [-0.25, -0.2) is 14.0 Å². The minimum absolute atomic E-state index is 0.0732. The van der Waals surface area contributed by atoms with E-state index in [4.69, 9.17) is 9.47 Å². The van der Waals surface area contributed by atoms with Gasteiger partial charge in [-0.05, 0) is 47.7 Å². The molecule has 0 fully saturated rings. The molecule has 0 aliphatic rings. The Kier molecular flexibility index (Phi) is 10.3. The molecule has 0 aliphatic heterocycles. The molecule has 0 heterocycles. The van der Waals surface area contributed by atoms with E-state index < -0.39 is 18.1 Å². The lowest BCUT2D eigenvalue weighted by atomic mass is 10.1. The zero-order valence-electron chi connectivity index (χ0n) is 18.7. The Morgan fingerprint density at radius 2 is 1.64 bits per heavy atom. The van der Waals surface area contributed by atoms with Crippen LogP contribution in [-0.2, 0) is 32.1 Å². The fourth-order valence-electron chi connectivity index (χ4n) is 2.70. The first-order valence-corrected chi connectivity index (χ1v) is 10.6. The standard InChI is InChI=1S/C24H29FN2O6/c1-16(2)11-12-32-15-21(23(29)30)27-24(31)33-14-18-5-9-20(10-6-18)26-22(28)13-17-3-7-19(25)8-4-17/h3-10,16,21H,11-15H2,1-2H3,(H,26,28)(H,27,31)(H,29,30)/t21-/m0/s1. The molecule has 0 aromatic heterocycles. The number of hydrogen-bond donors (Lipinski definition) is 3. The maximum absolute atomic E-state index is 12.9. The highest BCUT2D eigenvalue weighted by molar-refractivity contribution is 5.92. The molecule has 2 aromatic carbocycles. The van der Waals surface area contributed by atoms with Crippen molar-refractivity contribution in [1.29, 1.82) is 0 Å². The van der Waals surface area contributed by atoms with Crippen LogP contribution in [0.15, 0.2) is 48.5 Å². The molecule has 0 radical (unpaired) electrons. The maximum atomic E-state index is 12.9. The maximum Gasteiger partial charge on any atom is 0.408 e. The molecule has 2 rings (SSSR count). The lowest BCUT2D eigenvalue weighted by Crippen LogP contribution is -2.44. The number of amides is 2. The number of ether oxygens (including phenoxy) is 2. The molecular weight excluding hydrogens is 431 g/mol. The van der Waals surface area contributed by atoms with Crippen LogP contribution in [-0.4, -0.2) is 42.3 Å². The van der Waals surface area contributed by atoms with E-state index in [9.17, 15) is 23.9 Å². The fraction of sp³-hybridized carbons (Fsp3) is 0.375. The van der Waals surface area contributed by atoms with Gasteiger partial charge in [0.1, 0.15) is 12.4 Å². The highest BCUT2D eigenvalue weighted by Crippen LogP contribution is 2.12. The molecule has 0 saturated heterocycles. The number of carbonyl (C=O) groups excluding carboxylic acids is 2. The zero-order valence-corrected chi connectivity index (χ0v) is 18.7. The number of carboxylic acids is 1. The fourth-order valence-corrected chi connectivity index (χ4v) is 2.70. The number of carbonyl (C=O) groups is 3. The minimum atomic E-state index is -1.21. The first kappa shape index (κ1) is 25.8. The average molecular weight is 461 g/mol. The SMILES string of the molecule is CC(C)CCOC[C@H](NC(=O)OCc1ccc(NC(=O)Cc2ccc(F)cc2)cc1)C(=O)O. The number of alkyl carbamates (subject to hydrolysis) is 1. The van der Waals surface area contributed by atoms with Crippen LogP contribution < -0.4 is 10.6 Å². The smallest absolute Gasteiger partial charge is 0.408 e. The normalized spacial score (nSPS) is 11.6. The van der Waals surface area contributed by atoms with Crippen molar-refractivity contribution in [3.63, 3.8) is 0 Å². The molecule has 9 heteroatoms. The van der Waals surface area contributed by atoms with E-state index in [1.807, 2.05) is 13.8 Å². The predicted molar refractivity (Wildman–Crippen MR) is 120 cm³/mol. The Hall–Kier alpha value is -3.46. The molecule has 0 unspecified atom stereocenters. The summed E-state index contributed by atoms with van der Waals surface area (Å²) < 4.78 is 23.3. The lowest BCUT2D eigenvalue weighted by Gasteiger charge is -2.15. The zero-order chi connectivity index (χ0) is 24.2. The summed E-state index contributed by atoms with van der Waals surface area (Å²) in [6.07, 6.45) is 0.0306. The lowest BCUT2D eigenvalue weighted by molar-refractivity contribution is -0.141. The molecule has 0 aliphatic carbocycles. The van der Waals surface area contributed by atoms with Gasteiger partial charge in [0.05, 0.1) is 13.0 Å². The second-order valence-corrected chi connectivity index (χ2v) is 7.92. The van der Waals surface area contributed by atoms with Crippen molar-refractivity contribution in [3.05, 3.63) is 65.5 Å². The Morgan fingerprint density at radius 1 is 1.00 bits per heavy atom. The molecular formula is C24H29FN2O6. The van der Waals surface area contributed by atoms with Gasteiger partial charge in [-0.1, -0.05) is 38.1 Å².